The number of nitrogens with one attached hydrogen (secondary N) is 1. The average Bonchev–Trinajstić information content (AvgIpc) is 2.88. The quantitative estimate of drug-likeness (QED) is 0.708. The molecule has 23 heavy (non-hydrogen) atoms. The Labute approximate surface area is 139 Å². The van der Waals surface area contributed by atoms with Crippen LogP contribution >= 0.6 is 11.6 Å². The van der Waals surface area contributed by atoms with E-state index < -0.39 is 0 Å². The highest BCUT2D eigenvalue weighted by molar-refractivity contribution is 6.32. The van der Waals surface area contributed by atoms with E-state index in [1.54, 1.807) is 12.1 Å². The Morgan fingerprint density at radius 1 is 1.00 bits per heavy atom. The second kappa shape index (κ2) is 5.99. The molecule has 1 saturated heterocycles. The number of fused-ring (bicyclic) bond motifs is 1. The van der Waals surface area contributed by atoms with Crippen LogP contribution in [0.5, 0.6) is 0 Å². The summed E-state index contributed by atoms with van der Waals surface area (Å²) < 4.78 is 15.3. The Balaban J connectivity index is 1.94. The Morgan fingerprint density at radius 2 is 1.70 bits per heavy atom. The standard InChI is InChI=1S/C19H18ClFN2/c20-19-18(13-9-11-22-12-10-13)16-3-1-2-4-17(16)23(19)15-7-5-14(21)6-8-15/h1-8,13,22H,9-12H2. The van der Waals surface area contributed by atoms with Crippen LogP contribution in [0.3, 0.4) is 0 Å². The number of para-hydroxylation sites is 1. The first-order valence-corrected chi connectivity index (χ1v) is 8.39. The first kappa shape index (κ1) is 14.7. The second-order valence-corrected chi connectivity index (χ2v) is 6.42. The molecule has 1 aliphatic heterocycles. The van der Waals surface area contributed by atoms with Crippen molar-refractivity contribution in [1.82, 2.24) is 9.88 Å². The van der Waals surface area contributed by atoms with Crippen LogP contribution in [0.1, 0.15) is 24.3 Å². The Kier molecular flexibility index (Phi) is 3.83. The molecule has 3 aromatic rings. The van der Waals surface area contributed by atoms with Gasteiger partial charge in [-0.05, 0) is 62.2 Å². The summed E-state index contributed by atoms with van der Waals surface area (Å²) in [6.45, 7) is 2.05. The van der Waals surface area contributed by atoms with Crippen molar-refractivity contribution in [2.24, 2.45) is 0 Å². The van der Waals surface area contributed by atoms with Crippen LogP contribution in [-0.2, 0) is 0 Å². The zero-order chi connectivity index (χ0) is 15.8. The molecular formula is C19H18ClFN2. The number of halogens is 2. The molecule has 2 nitrogen and oxygen atoms in total. The van der Waals surface area contributed by atoms with Gasteiger partial charge in [0.1, 0.15) is 11.0 Å². The predicted octanol–water partition coefficient (Wildman–Crippen LogP) is 4.89. The van der Waals surface area contributed by atoms with Gasteiger partial charge in [0.15, 0.2) is 0 Å². The summed E-state index contributed by atoms with van der Waals surface area (Å²) in [5, 5.41) is 5.36. The summed E-state index contributed by atoms with van der Waals surface area (Å²) in [5.74, 6) is 0.232. The van der Waals surface area contributed by atoms with Crippen LogP contribution in [0.2, 0.25) is 5.15 Å². The molecule has 0 bridgehead atoms. The molecule has 1 fully saturated rings. The fourth-order valence-corrected chi connectivity index (χ4v) is 4.02. The van der Waals surface area contributed by atoms with Crippen LogP contribution < -0.4 is 5.32 Å². The third-order valence-electron chi connectivity index (χ3n) is 4.69. The van der Waals surface area contributed by atoms with E-state index in [1.165, 1.54) is 23.1 Å². The molecule has 0 atom stereocenters. The predicted molar refractivity (Wildman–Crippen MR) is 93.1 cm³/mol. The van der Waals surface area contributed by atoms with Gasteiger partial charge in [-0.3, -0.25) is 4.57 Å². The van der Waals surface area contributed by atoms with E-state index in [2.05, 4.69) is 23.5 Å². The minimum absolute atomic E-state index is 0.236. The maximum absolute atomic E-state index is 13.3. The topological polar surface area (TPSA) is 17.0 Å². The van der Waals surface area contributed by atoms with E-state index in [4.69, 9.17) is 11.6 Å². The lowest BCUT2D eigenvalue weighted by molar-refractivity contribution is 0.462. The third kappa shape index (κ3) is 2.54. The van der Waals surface area contributed by atoms with Crippen molar-refractivity contribution < 1.29 is 4.39 Å². The number of aromatic nitrogens is 1. The number of hydrogen-bond acceptors (Lipinski definition) is 1. The van der Waals surface area contributed by atoms with Gasteiger partial charge in [0.05, 0.1) is 5.52 Å². The normalized spacial score (nSPS) is 16.1. The minimum Gasteiger partial charge on any atom is -0.317 e. The van der Waals surface area contributed by atoms with Crippen molar-refractivity contribution in [3.8, 4) is 5.69 Å². The lowest BCUT2D eigenvalue weighted by Gasteiger charge is -2.23. The smallest absolute Gasteiger partial charge is 0.123 e. The number of hydrogen-bond donors (Lipinski definition) is 1. The van der Waals surface area contributed by atoms with Crippen molar-refractivity contribution in [2.75, 3.05) is 13.1 Å². The van der Waals surface area contributed by atoms with Gasteiger partial charge in [0.2, 0.25) is 0 Å². The zero-order valence-electron chi connectivity index (χ0n) is 12.7. The molecule has 1 N–H and O–H groups in total. The molecule has 0 amide bonds. The average molecular weight is 329 g/mol. The first-order chi connectivity index (χ1) is 11.3. The monoisotopic (exact) mass is 328 g/mol. The van der Waals surface area contributed by atoms with Crippen LogP contribution in [-0.4, -0.2) is 17.7 Å². The molecule has 0 unspecified atom stereocenters. The van der Waals surface area contributed by atoms with Crippen molar-refractivity contribution in [1.29, 1.82) is 0 Å². The van der Waals surface area contributed by atoms with E-state index in [1.807, 2.05) is 10.6 Å². The summed E-state index contributed by atoms with van der Waals surface area (Å²) in [5.41, 5.74) is 3.21. The molecular weight excluding hydrogens is 311 g/mol. The Bertz CT molecular complexity index is 832. The highest BCUT2D eigenvalue weighted by Crippen LogP contribution is 2.40. The zero-order valence-corrected chi connectivity index (χ0v) is 13.5. The van der Waals surface area contributed by atoms with E-state index in [0.29, 0.717) is 5.92 Å². The van der Waals surface area contributed by atoms with Gasteiger partial charge in [0.25, 0.3) is 0 Å². The molecule has 1 aromatic heterocycles. The van der Waals surface area contributed by atoms with Crippen LogP contribution in [0.25, 0.3) is 16.6 Å². The van der Waals surface area contributed by atoms with Crippen molar-refractivity contribution in [2.45, 2.75) is 18.8 Å². The molecule has 4 rings (SSSR count). The van der Waals surface area contributed by atoms with Gasteiger partial charge in [-0.1, -0.05) is 29.8 Å². The summed E-state index contributed by atoms with van der Waals surface area (Å²) in [6, 6.07) is 14.8. The maximum atomic E-state index is 13.3. The van der Waals surface area contributed by atoms with Crippen molar-refractivity contribution in [3.05, 3.63) is 65.1 Å². The Morgan fingerprint density at radius 3 is 2.43 bits per heavy atom. The van der Waals surface area contributed by atoms with Crippen molar-refractivity contribution >= 4 is 22.5 Å². The van der Waals surface area contributed by atoms with Crippen LogP contribution in [0.15, 0.2) is 48.5 Å². The number of rotatable bonds is 2. The maximum Gasteiger partial charge on any atom is 0.123 e. The molecule has 0 spiro atoms. The first-order valence-electron chi connectivity index (χ1n) is 8.01. The summed E-state index contributed by atoms with van der Waals surface area (Å²) >= 11 is 6.81. The molecule has 0 saturated carbocycles. The fraction of sp³-hybridized carbons (Fsp3) is 0.263. The molecule has 1 aliphatic rings. The SMILES string of the molecule is Fc1ccc(-n2c(Cl)c(C3CCNCC3)c3ccccc32)cc1. The lowest BCUT2D eigenvalue weighted by atomic mass is 9.90. The van der Waals surface area contributed by atoms with Gasteiger partial charge in [-0.25, -0.2) is 4.39 Å². The van der Waals surface area contributed by atoms with Gasteiger partial charge >= 0.3 is 0 Å². The number of piperidine rings is 1. The molecule has 0 aliphatic carbocycles. The minimum atomic E-state index is -0.236. The summed E-state index contributed by atoms with van der Waals surface area (Å²) in [4.78, 5) is 0. The highest BCUT2D eigenvalue weighted by atomic mass is 35.5. The molecule has 118 valence electrons. The van der Waals surface area contributed by atoms with E-state index in [9.17, 15) is 4.39 Å². The molecule has 4 heteroatoms. The molecule has 0 radical (unpaired) electrons. The van der Waals surface area contributed by atoms with Gasteiger partial charge < -0.3 is 5.32 Å². The molecule has 2 heterocycles. The number of nitrogens with zero attached hydrogens (tertiary/aromatic N) is 1. The van der Waals surface area contributed by atoms with E-state index >= 15 is 0 Å². The van der Waals surface area contributed by atoms with Crippen molar-refractivity contribution in [3.63, 3.8) is 0 Å². The third-order valence-corrected chi connectivity index (χ3v) is 5.06. The summed E-state index contributed by atoms with van der Waals surface area (Å²) in [6.07, 6.45) is 2.19. The van der Waals surface area contributed by atoms with E-state index in [-0.39, 0.29) is 5.82 Å². The van der Waals surface area contributed by atoms with Crippen LogP contribution in [0, 0.1) is 5.82 Å². The second-order valence-electron chi connectivity index (χ2n) is 6.06. The summed E-state index contributed by atoms with van der Waals surface area (Å²) in [7, 11) is 0. The Hall–Kier alpha value is -1.84. The largest absolute Gasteiger partial charge is 0.317 e. The van der Waals surface area contributed by atoms with E-state index in [0.717, 1.165) is 42.3 Å². The van der Waals surface area contributed by atoms with Gasteiger partial charge in [-0.2, -0.15) is 0 Å². The van der Waals surface area contributed by atoms with Gasteiger partial charge in [0, 0.05) is 16.6 Å². The molecule has 2 aromatic carbocycles. The number of benzene rings is 2. The fourth-order valence-electron chi connectivity index (χ4n) is 3.58. The van der Waals surface area contributed by atoms with Crippen LogP contribution in [0.4, 0.5) is 4.39 Å². The highest BCUT2D eigenvalue weighted by Gasteiger charge is 2.24. The van der Waals surface area contributed by atoms with Gasteiger partial charge in [-0.15, -0.1) is 0 Å². The lowest BCUT2D eigenvalue weighted by Crippen LogP contribution is -2.26.